The van der Waals surface area contributed by atoms with Crippen molar-refractivity contribution >= 4 is 11.2 Å². The molecule has 5 heteroatoms. The van der Waals surface area contributed by atoms with Crippen molar-refractivity contribution in [1.82, 2.24) is 25.1 Å². The fourth-order valence-corrected chi connectivity index (χ4v) is 1.55. The first-order valence-electron chi connectivity index (χ1n) is 4.93. The van der Waals surface area contributed by atoms with E-state index >= 15 is 0 Å². The summed E-state index contributed by atoms with van der Waals surface area (Å²) in [6, 6.07) is 5.79. The fraction of sp³-hybridized carbons (Fsp3) is 0.0909. The van der Waals surface area contributed by atoms with Gasteiger partial charge in [0, 0.05) is 11.3 Å². The molecule has 0 radical (unpaired) electrons. The monoisotopic (exact) mass is 211 g/mol. The molecule has 0 atom stereocenters. The highest BCUT2D eigenvalue weighted by molar-refractivity contribution is 5.75. The largest absolute Gasteiger partial charge is 0.337 e. The summed E-state index contributed by atoms with van der Waals surface area (Å²) in [5.41, 5.74) is 3.52. The zero-order valence-corrected chi connectivity index (χ0v) is 8.68. The molecule has 5 nitrogen and oxygen atoms in total. The molecule has 3 heterocycles. The third-order valence-electron chi connectivity index (χ3n) is 2.34. The molecule has 0 spiro atoms. The van der Waals surface area contributed by atoms with Gasteiger partial charge in [-0.25, -0.2) is 9.97 Å². The predicted octanol–water partition coefficient (Wildman–Crippen LogP) is 1.72. The van der Waals surface area contributed by atoms with Gasteiger partial charge in [0.15, 0.2) is 5.65 Å². The number of aromatic nitrogens is 5. The topological polar surface area (TPSA) is 67.3 Å². The average Bonchev–Trinajstić information content (AvgIpc) is 2.73. The molecule has 0 aliphatic rings. The van der Waals surface area contributed by atoms with Crippen LogP contribution in [0.25, 0.3) is 22.6 Å². The van der Waals surface area contributed by atoms with Gasteiger partial charge in [-0.1, -0.05) is 0 Å². The van der Waals surface area contributed by atoms with E-state index in [0.29, 0.717) is 0 Å². The first kappa shape index (κ1) is 8.96. The minimum Gasteiger partial charge on any atom is -0.337 e. The van der Waals surface area contributed by atoms with Crippen molar-refractivity contribution in [1.29, 1.82) is 0 Å². The summed E-state index contributed by atoms with van der Waals surface area (Å²) < 4.78 is 0. The van der Waals surface area contributed by atoms with Gasteiger partial charge in [0.05, 0.1) is 17.9 Å². The Morgan fingerprint density at radius 2 is 2.00 bits per heavy atom. The number of aryl methyl sites for hydroxylation is 1. The molecule has 3 aromatic heterocycles. The zero-order chi connectivity index (χ0) is 11.0. The number of rotatable bonds is 1. The van der Waals surface area contributed by atoms with Gasteiger partial charge in [-0.2, -0.15) is 10.2 Å². The van der Waals surface area contributed by atoms with Crippen LogP contribution < -0.4 is 0 Å². The van der Waals surface area contributed by atoms with Gasteiger partial charge in [-0.05, 0) is 25.1 Å². The molecule has 0 aliphatic heterocycles. The van der Waals surface area contributed by atoms with E-state index in [1.54, 1.807) is 12.4 Å². The second-order valence-electron chi connectivity index (χ2n) is 3.54. The Labute approximate surface area is 91.6 Å². The Balaban J connectivity index is 2.19. The Bertz CT molecular complexity index is 629. The van der Waals surface area contributed by atoms with Crippen molar-refractivity contribution < 1.29 is 0 Å². The van der Waals surface area contributed by atoms with E-state index in [-0.39, 0.29) is 0 Å². The standard InChI is InChI=1S/C11H9N5/c1-7-2-3-9-11(14-7)16-10(15-9)8-4-5-12-13-6-8/h2-6H,1H3,(H,14,15,16). The van der Waals surface area contributed by atoms with Crippen molar-refractivity contribution in [2.75, 3.05) is 0 Å². The highest BCUT2D eigenvalue weighted by Gasteiger charge is 2.05. The number of nitrogens with one attached hydrogen (secondary N) is 1. The Morgan fingerprint density at radius 3 is 2.81 bits per heavy atom. The molecular weight excluding hydrogens is 202 g/mol. The van der Waals surface area contributed by atoms with Crippen LogP contribution in [0.2, 0.25) is 0 Å². The summed E-state index contributed by atoms with van der Waals surface area (Å²) in [5.74, 6) is 0.767. The molecule has 0 bridgehead atoms. The molecule has 3 aromatic rings. The van der Waals surface area contributed by atoms with Crippen molar-refractivity contribution in [3.63, 3.8) is 0 Å². The summed E-state index contributed by atoms with van der Waals surface area (Å²) in [6.45, 7) is 1.95. The first-order chi connectivity index (χ1) is 7.83. The van der Waals surface area contributed by atoms with Gasteiger partial charge >= 0.3 is 0 Å². The highest BCUT2D eigenvalue weighted by Crippen LogP contribution is 2.17. The van der Waals surface area contributed by atoms with Gasteiger partial charge in [0.2, 0.25) is 0 Å². The van der Waals surface area contributed by atoms with Crippen LogP contribution in [-0.4, -0.2) is 25.1 Å². The maximum atomic E-state index is 4.41. The van der Waals surface area contributed by atoms with Gasteiger partial charge in [0.25, 0.3) is 0 Å². The van der Waals surface area contributed by atoms with Gasteiger partial charge in [0.1, 0.15) is 5.82 Å². The minimum absolute atomic E-state index is 0.729. The van der Waals surface area contributed by atoms with E-state index in [1.165, 1.54) is 0 Å². The molecule has 0 saturated heterocycles. The molecule has 0 aliphatic carbocycles. The quantitative estimate of drug-likeness (QED) is 0.665. The number of imidazole rings is 1. The summed E-state index contributed by atoms with van der Waals surface area (Å²) in [6.07, 6.45) is 3.31. The normalized spacial score (nSPS) is 10.8. The lowest BCUT2D eigenvalue weighted by molar-refractivity contribution is 1.03. The van der Waals surface area contributed by atoms with E-state index < -0.39 is 0 Å². The number of aromatic amines is 1. The van der Waals surface area contributed by atoms with Crippen molar-refractivity contribution in [3.05, 3.63) is 36.3 Å². The second kappa shape index (κ2) is 3.37. The lowest BCUT2D eigenvalue weighted by atomic mass is 10.3. The fourth-order valence-electron chi connectivity index (χ4n) is 1.55. The highest BCUT2D eigenvalue weighted by atomic mass is 15.1. The van der Waals surface area contributed by atoms with E-state index in [0.717, 1.165) is 28.2 Å². The smallest absolute Gasteiger partial charge is 0.178 e. The first-order valence-corrected chi connectivity index (χ1v) is 4.93. The maximum absolute atomic E-state index is 4.41. The number of hydrogen-bond acceptors (Lipinski definition) is 4. The molecule has 0 unspecified atom stereocenters. The molecule has 3 rings (SSSR count). The molecule has 78 valence electrons. The number of nitrogens with zero attached hydrogens (tertiary/aromatic N) is 4. The molecule has 1 N–H and O–H groups in total. The number of fused-ring (bicyclic) bond motifs is 1. The number of hydrogen-bond donors (Lipinski definition) is 1. The Morgan fingerprint density at radius 1 is 1.06 bits per heavy atom. The number of H-pyrrole nitrogens is 1. The lowest BCUT2D eigenvalue weighted by Crippen LogP contribution is -1.83. The van der Waals surface area contributed by atoms with Crippen molar-refractivity contribution in [3.8, 4) is 11.4 Å². The second-order valence-corrected chi connectivity index (χ2v) is 3.54. The third kappa shape index (κ3) is 1.42. The Hall–Kier alpha value is -2.30. The van der Waals surface area contributed by atoms with Crippen LogP contribution in [0.3, 0.4) is 0 Å². The average molecular weight is 211 g/mol. The van der Waals surface area contributed by atoms with Crippen LogP contribution in [0, 0.1) is 6.92 Å². The van der Waals surface area contributed by atoms with Gasteiger partial charge < -0.3 is 4.98 Å². The zero-order valence-electron chi connectivity index (χ0n) is 8.68. The van der Waals surface area contributed by atoms with Crippen LogP contribution in [0.4, 0.5) is 0 Å². The van der Waals surface area contributed by atoms with Crippen LogP contribution in [0.5, 0.6) is 0 Å². The third-order valence-corrected chi connectivity index (χ3v) is 2.34. The lowest BCUT2D eigenvalue weighted by Gasteiger charge is -1.91. The SMILES string of the molecule is Cc1ccc2[nH]c(-c3ccnnc3)nc2n1. The molecule has 0 fully saturated rings. The summed E-state index contributed by atoms with van der Waals surface area (Å²) in [4.78, 5) is 12.0. The van der Waals surface area contributed by atoms with Crippen molar-refractivity contribution in [2.45, 2.75) is 6.92 Å². The van der Waals surface area contributed by atoms with Crippen LogP contribution >= 0.6 is 0 Å². The van der Waals surface area contributed by atoms with Gasteiger partial charge in [-0.3, -0.25) is 0 Å². The van der Waals surface area contributed by atoms with E-state index in [4.69, 9.17) is 0 Å². The van der Waals surface area contributed by atoms with E-state index in [1.807, 2.05) is 25.1 Å². The maximum Gasteiger partial charge on any atom is 0.178 e. The summed E-state index contributed by atoms with van der Waals surface area (Å²) in [7, 11) is 0. The van der Waals surface area contributed by atoms with Crippen LogP contribution in [0.15, 0.2) is 30.6 Å². The van der Waals surface area contributed by atoms with E-state index in [9.17, 15) is 0 Å². The Kier molecular flexibility index (Phi) is 1.89. The van der Waals surface area contributed by atoms with Crippen molar-refractivity contribution in [2.24, 2.45) is 0 Å². The minimum atomic E-state index is 0.729. The molecule has 0 aromatic carbocycles. The molecule has 16 heavy (non-hydrogen) atoms. The van der Waals surface area contributed by atoms with E-state index in [2.05, 4.69) is 25.1 Å². The summed E-state index contributed by atoms with van der Waals surface area (Å²) in [5, 5.41) is 7.55. The predicted molar refractivity (Wildman–Crippen MR) is 59.7 cm³/mol. The van der Waals surface area contributed by atoms with Crippen LogP contribution in [-0.2, 0) is 0 Å². The molecule has 0 amide bonds. The molecular formula is C11H9N5. The summed E-state index contributed by atoms with van der Waals surface area (Å²) >= 11 is 0. The molecule has 0 saturated carbocycles. The number of pyridine rings is 1. The van der Waals surface area contributed by atoms with Crippen LogP contribution in [0.1, 0.15) is 5.69 Å². The van der Waals surface area contributed by atoms with Gasteiger partial charge in [-0.15, -0.1) is 0 Å².